The highest BCUT2D eigenvalue weighted by molar-refractivity contribution is 6.34. The summed E-state index contributed by atoms with van der Waals surface area (Å²) in [6.45, 7) is 3.69. The number of nitrogens with zero attached hydrogens (tertiary/aromatic N) is 2. The van der Waals surface area contributed by atoms with Crippen LogP contribution in [0.2, 0.25) is 5.02 Å². The lowest BCUT2D eigenvalue weighted by atomic mass is 9.78. The number of rotatable bonds is 9. The lowest BCUT2D eigenvalue weighted by Gasteiger charge is -2.43. The Bertz CT molecular complexity index is 1170. The average Bonchev–Trinajstić information content (AvgIpc) is 2.90. The van der Waals surface area contributed by atoms with E-state index in [4.69, 9.17) is 21.1 Å². The van der Waals surface area contributed by atoms with Crippen LogP contribution in [0.3, 0.4) is 0 Å². The molecule has 0 radical (unpaired) electrons. The zero-order chi connectivity index (χ0) is 24.8. The molecule has 1 amide bonds. The highest BCUT2D eigenvalue weighted by Crippen LogP contribution is 2.44. The quantitative estimate of drug-likeness (QED) is 0.412. The molecule has 0 aliphatic carbocycles. The molecule has 2 atom stereocenters. The minimum atomic E-state index is -1.36. The van der Waals surface area contributed by atoms with Gasteiger partial charge in [-0.3, -0.25) is 9.78 Å². The predicted molar refractivity (Wildman–Crippen MR) is 138 cm³/mol. The van der Waals surface area contributed by atoms with Crippen LogP contribution in [-0.4, -0.2) is 60.4 Å². The Hall–Kier alpha value is -2.51. The number of methoxy groups -OCH3 is 1. The first kappa shape index (κ1) is 25.6. The van der Waals surface area contributed by atoms with Crippen LogP contribution in [0.1, 0.15) is 38.2 Å². The van der Waals surface area contributed by atoms with Gasteiger partial charge in [-0.1, -0.05) is 54.9 Å². The van der Waals surface area contributed by atoms with Crippen LogP contribution in [0.4, 0.5) is 0 Å². The number of carbonyl (C=O) groups excluding carboxylic acids is 1. The van der Waals surface area contributed by atoms with Crippen LogP contribution in [0.15, 0.2) is 54.9 Å². The lowest BCUT2D eigenvalue weighted by molar-refractivity contribution is -0.165. The highest BCUT2D eigenvalue weighted by Gasteiger charge is 2.44. The number of unbranched alkanes of at least 4 members (excludes halogenated alkanes) is 1. The Morgan fingerprint density at radius 3 is 2.86 bits per heavy atom. The number of aliphatic hydroxyl groups is 1. The number of ether oxygens (including phenoxy) is 2. The fourth-order valence-electron chi connectivity index (χ4n) is 4.97. The first-order chi connectivity index (χ1) is 17.0. The molecule has 1 aliphatic heterocycles. The van der Waals surface area contributed by atoms with Gasteiger partial charge in [-0.05, 0) is 36.3 Å². The van der Waals surface area contributed by atoms with E-state index in [0.29, 0.717) is 49.7 Å². The minimum absolute atomic E-state index is 0.0598. The van der Waals surface area contributed by atoms with Crippen molar-refractivity contribution in [2.24, 2.45) is 0 Å². The number of hydrogen-bond donors (Lipinski definition) is 1. The van der Waals surface area contributed by atoms with Gasteiger partial charge in [0.05, 0.1) is 13.2 Å². The van der Waals surface area contributed by atoms with Crippen LogP contribution < -0.4 is 0 Å². The van der Waals surface area contributed by atoms with E-state index in [-0.39, 0.29) is 5.91 Å². The SMILES string of the molecule is CCC(=O)N1CCO[C@@H]([C@@](O)(CCCCOC)c2cccc(Cl)c2-c2cncc3ccccc23)C1. The molecule has 0 spiro atoms. The van der Waals surface area contributed by atoms with Gasteiger partial charge in [0, 0.05) is 60.6 Å². The number of halogens is 1. The predicted octanol–water partition coefficient (Wildman–Crippen LogP) is 5.20. The van der Waals surface area contributed by atoms with Gasteiger partial charge < -0.3 is 19.5 Å². The monoisotopic (exact) mass is 496 g/mol. The van der Waals surface area contributed by atoms with E-state index in [9.17, 15) is 9.90 Å². The molecule has 7 heteroatoms. The third-order valence-corrected chi connectivity index (χ3v) is 7.14. The summed E-state index contributed by atoms with van der Waals surface area (Å²) in [6.07, 6.45) is 5.43. The van der Waals surface area contributed by atoms with Crippen molar-refractivity contribution in [3.8, 4) is 11.1 Å². The van der Waals surface area contributed by atoms with E-state index in [1.807, 2.05) is 55.6 Å². The maximum atomic E-state index is 12.5. The molecule has 186 valence electrons. The molecule has 0 bridgehead atoms. The third kappa shape index (κ3) is 5.36. The second-order valence-electron chi connectivity index (χ2n) is 9.00. The number of pyridine rings is 1. The molecular formula is C28H33ClN2O4. The van der Waals surface area contributed by atoms with Crippen molar-refractivity contribution >= 4 is 28.3 Å². The second-order valence-corrected chi connectivity index (χ2v) is 9.40. The number of aromatic nitrogens is 1. The third-order valence-electron chi connectivity index (χ3n) is 6.83. The van der Waals surface area contributed by atoms with E-state index < -0.39 is 11.7 Å². The standard InChI is InChI=1S/C28H33ClN2O4/c1-3-26(32)31-14-16-35-25(19-31)28(33,13-6-7-15-34-2)23-11-8-12-24(29)27(23)22-18-30-17-20-9-4-5-10-21(20)22/h4-5,8-12,17-18,25,33H,3,6-7,13-16,19H2,1-2H3/t25-,28-/m1/s1. The van der Waals surface area contributed by atoms with Crippen molar-refractivity contribution in [1.29, 1.82) is 0 Å². The summed E-state index contributed by atoms with van der Waals surface area (Å²) in [4.78, 5) is 18.8. The molecule has 0 unspecified atom stereocenters. The number of morpholine rings is 1. The smallest absolute Gasteiger partial charge is 0.222 e. The van der Waals surface area contributed by atoms with Crippen LogP contribution in [-0.2, 0) is 19.9 Å². The summed E-state index contributed by atoms with van der Waals surface area (Å²) in [5.74, 6) is 0.0598. The van der Waals surface area contributed by atoms with E-state index in [0.717, 1.165) is 34.7 Å². The summed E-state index contributed by atoms with van der Waals surface area (Å²) in [7, 11) is 1.67. The number of benzene rings is 2. The van der Waals surface area contributed by atoms with Gasteiger partial charge in [0.1, 0.15) is 11.7 Å². The van der Waals surface area contributed by atoms with Crippen molar-refractivity contribution < 1.29 is 19.4 Å². The van der Waals surface area contributed by atoms with Crippen molar-refractivity contribution in [2.75, 3.05) is 33.4 Å². The summed E-state index contributed by atoms with van der Waals surface area (Å²) in [5.41, 5.74) is 0.931. The zero-order valence-electron chi connectivity index (χ0n) is 20.4. The van der Waals surface area contributed by atoms with Crippen molar-refractivity contribution in [3.05, 3.63) is 65.4 Å². The Balaban J connectivity index is 1.84. The number of hydrogen-bond acceptors (Lipinski definition) is 5. The summed E-state index contributed by atoms with van der Waals surface area (Å²) in [5, 5.41) is 15.0. The van der Waals surface area contributed by atoms with Gasteiger partial charge in [-0.15, -0.1) is 0 Å². The molecule has 35 heavy (non-hydrogen) atoms. The number of fused-ring (bicyclic) bond motifs is 1. The van der Waals surface area contributed by atoms with Crippen molar-refractivity contribution in [2.45, 2.75) is 44.3 Å². The van der Waals surface area contributed by atoms with Gasteiger partial charge in [-0.2, -0.15) is 0 Å². The first-order valence-electron chi connectivity index (χ1n) is 12.2. The van der Waals surface area contributed by atoms with Crippen molar-refractivity contribution in [3.63, 3.8) is 0 Å². The Kier molecular flexibility index (Phi) is 8.39. The summed E-state index contributed by atoms with van der Waals surface area (Å²) < 4.78 is 11.4. The molecule has 1 fully saturated rings. The Labute approximate surface area is 211 Å². The molecule has 1 saturated heterocycles. The van der Waals surface area contributed by atoms with Crippen LogP contribution in [0.5, 0.6) is 0 Å². The zero-order valence-corrected chi connectivity index (χ0v) is 21.1. The lowest BCUT2D eigenvalue weighted by Crippen LogP contribution is -2.54. The van der Waals surface area contributed by atoms with Gasteiger partial charge in [0.2, 0.25) is 5.91 Å². The molecular weight excluding hydrogens is 464 g/mol. The van der Waals surface area contributed by atoms with Gasteiger partial charge >= 0.3 is 0 Å². The van der Waals surface area contributed by atoms with E-state index in [1.165, 1.54) is 0 Å². The fourth-order valence-corrected chi connectivity index (χ4v) is 5.25. The summed E-state index contributed by atoms with van der Waals surface area (Å²) >= 11 is 6.83. The van der Waals surface area contributed by atoms with Crippen molar-refractivity contribution in [1.82, 2.24) is 9.88 Å². The topological polar surface area (TPSA) is 71.9 Å². The van der Waals surface area contributed by atoms with E-state index in [1.54, 1.807) is 18.2 Å². The normalized spacial score (nSPS) is 17.9. The minimum Gasteiger partial charge on any atom is -0.385 e. The Morgan fingerprint density at radius 1 is 1.23 bits per heavy atom. The first-order valence-corrected chi connectivity index (χ1v) is 12.6. The molecule has 3 aromatic rings. The number of amides is 1. The molecule has 4 rings (SSSR count). The molecule has 1 N–H and O–H groups in total. The molecule has 0 saturated carbocycles. The molecule has 2 heterocycles. The fraction of sp³-hybridized carbons (Fsp3) is 0.429. The van der Waals surface area contributed by atoms with Crippen LogP contribution in [0, 0.1) is 0 Å². The van der Waals surface area contributed by atoms with Gasteiger partial charge in [0.25, 0.3) is 0 Å². The maximum Gasteiger partial charge on any atom is 0.222 e. The van der Waals surface area contributed by atoms with Gasteiger partial charge in [0.15, 0.2) is 0 Å². The van der Waals surface area contributed by atoms with E-state index in [2.05, 4.69) is 4.98 Å². The largest absolute Gasteiger partial charge is 0.385 e. The molecule has 1 aromatic heterocycles. The highest BCUT2D eigenvalue weighted by atomic mass is 35.5. The average molecular weight is 497 g/mol. The van der Waals surface area contributed by atoms with E-state index >= 15 is 0 Å². The molecule has 2 aromatic carbocycles. The molecule has 6 nitrogen and oxygen atoms in total. The summed E-state index contributed by atoms with van der Waals surface area (Å²) in [6, 6.07) is 13.6. The number of carbonyl (C=O) groups is 1. The van der Waals surface area contributed by atoms with Crippen LogP contribution >= 0.6 is 11.6 Å². The van der Waals surface area contributed by atoms with Crippen LogP contribution in [0.25, 0.3) is 21.9 Å². The Morgan fingerprint density at radius 2 is 2.06 bits per heavy atom. The molecule has 1 aliphatic rings. The maximum absolute atomic E-state index is 12.5. The second kappa shape index (κ2) is 11.5. The van der Waals surface area contributed by atoms with Gasteiger partial charge in [-0.25, -0.2) is 0 Å².